The van der Waals surface area contributed by atoms with Crippen molar-refractivity contribution in [1.29, 1.82) is 5.26 Å². The van der Waals surface area contributed by atoms with Gasteiger partial charge in [-0.1, -0.05) is 12.1 Å². The fourth-order valence-corrected chi connectivity index (χ4v) is 4.28. The third-order valence-electron chi connectivity index (χ3n) is 5.55. The van der Waals surface area contributed by atoms with Crippen LogP contribution in [0.4, 0.5) is 10.1 Å². The first-order valence-corrected chi connectivity index (χ1v) is 8.73. The Labute approximate surface area is 163 Å². The van der Waals surface area contributed by atoms with Crippen LogP contribution in [0.5, 0.6) is 5.75 Å². The summed E-state index contributed by atoms with van der Waals surface area (Å²) < 4.78 is 21.3. The van der Waals surface area contributed by atoms with Gasteiger partial charge in [0.2, 0.25) is 11.8 Å². The van der Waals surface area contributed by atoms with E-state index in [2.05, 4.69) is 5.32 Å². The number of benzene rings is 2. The molecule has 0 fully saturated rings. The number of amides is 1. The van der Waals surface area contributed by atoms with Crippen molar-refractivity contribution in [3.8, 4) is 11.8 Å². The molecule has 2 aliphatic heterocycles. The number of hydrogen-bond donors (Lipinski definition) is 2. The normalized spacial score (nSPS) is 19.6. The highest BCUT2D eigenvalue weighted by molar-refractivity contribution is 6.13. The van der Waals surface area contributed by atoms with Crippen molar-refractivity contribution in [2.75, 3.05) is 5.32 Å². The third kappa shape index (κ3) is 1.88. The second kappa shape index (κ2) is 5.45. The molecule has 1 unspecified atom stereocenters. The Morgan fingerprint density at radius 3 is 2.76 bits per heavy atom. The van der Waals surface area contributed by atoms with Gasteiger partial charge in [0.15, 0.2) is 5.41 Å². The average Bonchev–Trinajstić information content (AvgIpc) is 2.98. The van der Waals surface area contributed by atoms with Gasteiger partial charge < -0.3 is 20.4 Å². The number of halogens is 1. The number of aryl methyl sites for hydroxylation is 1. The van der Waals surface area contributed by atoms with E-state index in [9.17, 15) is 19.2 Å². The van der Waals surface area contributed by atoms with Crippen molar-refractivity contribution in [2.45, 2.75) is 5.41 Å². The van der Waals surface area contributed by atoms with Crippen LogP contribution in [0.1, 0.15) is 11.1 Å². The van der Waals surface area contributed by atoms with E-state index in [0.29, 0.717) is 16.6 Å². The molecule has 0 saturated carbocycles. The molecule has 29 heavy (non-hydrogen) atoms. The number of nitrogens with one attached hydrogen (secondary N) is 1. The molecule has 2 aliphatic rings. The van der Waals surface area contributed by atoms with Gasteiger partial charge in [0.25, 0.3) is 5.56 Å². The number of carbonyl (C=O) groups excluding carboxylic acids is 1. The predicted molar refractivity (Wildman–Crippen MR) is 102 cm³/mol. The molecule has 1 spiro atoms. The Hall–Kier alpha value is -4.12. The Kier molecular flexibility index (Phi) is 3.20. The lowest BCUT2D eigenvalue weighted by molar-refractivity contribution is -0.118. The summed E-state index contributed by atoms with van der Waals surface area (Å²) in [6.07, 6.45) is 0. The van der Waals surface area contributed by atoms with Crippen LogP contribution < -0.4 is 21.3 Å². The number of nitriles is 1. The highest BCUT2D eigenvalue weighted by Gasteiger charge is 2.58. The van der Waals surface area contributed by atoms with Gasteiger partial charge in [-0.25, -0.2) is 4.39 Å². The molecule has 8 heteroatoms. The Morgan fingerprint density at radius 2 is 2.00 bits per heavy atom. The van der Waals surface area contributed by atoms with Gasteiger partial charge in [-0.15, -0.1) is 0 Å². The van der Waals surface area contributed by atoms with Crippen LogP contribution in [0.2, 0.25) is 0 Å². The number of pyridine rings is 1. The summed E-state index contributed by atoms with van der Waals surface area (Å²) in [4.78, 5) is 26.8. The molecule has 1 aromatic heterocycles. The van der Waals surface area contributed by atoms with Gasteiger partial charge >= 0.3 is 0 Å². The minimum atomic E-state index is -1.90. The first-order valence-electron chi connectivity index (χ1n) is 8.73. The lowest BCUT2D eigenvalue weighted by Crippen LogP contribution is -2.47. The number of fused-ring (bicyclic) bond motifs is 6. The molecule has 0 bridgehead atoms. The molecule has 0 saturated heterocycles. The lowest BCUT2D eigenvalue weighted by Gasteiger charge is -2.34. The summed E-state index contributed by atoms with van der Waals surface area (Å²) in [5, 5.41) is 13.0. The van der Waals surface area contributed by atoms with Crippen molar-refractivity contribution in [3.05, 3.63) is 81.2 Å². The highest BCUT2D eigenvalue weighted by atomic mass is 19.1. The Balaban J connectivity index is 2.06. The van der Waals surface area contributed by atoms with E-state index < -0.39 is 22.7 Å². The molecule has 142 valence electrons. The number of aromatic nitrogens is 1. The molecule has 0 radical (unpaired) electrons. The summed E-state index contributed by atoms with van der Waals surface area (Å²) in [5.74, 6) is -1.48. The molecule has 3 heterocycles. The smallest absolute Gasteiger partial charge is 0.259 e. The maximum atomic E-state index is 14.2. The maximum absolute atomic E-state index is 14.2. The SMILES string of the molecule is Cn1c(=O)c2c(c3ccccc31)OC(N)=C(C#N)C21C(=O)Nc2ccc(F)cc21. The van der Waals surface area contributed by atoms with Crippen LogP contribution in [-0.2, 0) is 17.3 Å². The summed E-state index contributed by atoms with van der Waals surface area (Å²) >= 11 is 0. The van der Waals surface area contributed by atoms with Gasteiger partial charge in [-0.05, 0) is 30.3 Å². The zero-order valence-electron chi connectivity index (χ0n) is 15.1. The van der Waals surface area contributed by atoms with Crippen molar-refractivity contribution in [1.82, 2.24) is 4.57 Å². The number of rotatable bonds is 0. The quantitative estimate of drug-likeness (QED) is 0.612. The van der Waals surface area contributed by atoms with Crippen LogP contribution in [0.15, 0.2) is 58.7 Å². The lowest BCUT2D eigenvalue weighted by atomic mass is 9.69. The maximum Gasteiger partial charge on any atom is 0.259 e. The molecule has 7 nitrogen and oxygen atoms in total. The molecule has 1 atom stereocenters. The van der Waals surface area contributed by atoms with Crippen LogP contribution in [0.25, 0.3) is 10.9 Å². The van der Waals surface area contributed by atoms with Crippen molar-refractivity contribution in [2.24, 2.45) is 12.8 Å². The Bertz CT molecular complexity index is 1400. The number of nitrogens with zero attached hydrogens (tertiary/aromatic N) is 2. The average molecular weight is 388 g/mol. The predicted octanol–water partition coefficient (Wildman–Crippen LogP) is 2.00. The largest absolute Gasteiger partial charge is 0.439 e. The number of nitrogens with two attached hydrogens (primary N) is 1. The number of ether oxygens (including phenoxy) is 1. The van der Waals surface area contributed by atoms with Gasteiger partial charge in [0, 0.05) is 23.7 Å². The molecular formula is C21H13FN4O3. The second-order valence-electron chi connectivity index (χ2n) is 6.93. The minimum absolute atomic E-state index is 0.0636. The molecular weight excluding hydrogens is 375 g/mol. The van der Waals surface area contributed by atoms with E-state index in [0.717, 1.165) is 6.07 Å². The fourth-order valence-electron chi connectivity index (χ4n) is 4.28. The zero-order chi connectivity index (χ0) is 20.5. The molecule has 5 rings (SSSR count). The van der Waals surface area contributed by atoms with E-state index in [-0.39, 0.29) is 28.3 Å². The molecule has 3 N–H and O–H groups in total. The second-order valence-corrected chi connectivity index (χ2v) is 6.93. The topological polar surface area (TPSA) is 110 Å². The Morgan fingerprint density at radius 1 is 1.24 bits per heavy atom. The standard InChI is InChI=1S/C21H13FN4O3/c1-26-15-5-3-2-4-11(15)17-16(19(26)27)21(13(9-23)18(24)29-17)12-8-10(22)6-7-14(12)25-20(21)28/h2-8H,24H2,1H3,(H,25,28). The monoisotopic (exact) mass is 388 g/mol. The first kappa shape index (κ1) is 17.0. The van der Waals surface area contributed by atoms with Gasteiger partial charge in [-0.2, -0.15) is 5.26 Å². The first-order chi connectivity index (χ1) is 13.9. The van der Waals surface area contributed by atoms with Crippen LogP contribution in [-0.4, -0.2) is 10.5 Å². The van der Waals surface area contributed by atoms with E-state index in [1.54, 1.807) is 31.3 Å². The number of para-hydroxylation sites is 1. The van der Waals surface area contributed by atoms with E-state index in [1.165, 1.54) is 16.7 Å². The molecule has 1 amide bonds. The van der Waals surface area contributed by atoms with Crippen molar-refractivity contribution < 1.29 is 13.9 Å². The number of anilines is 1. The van der Waals surface area contributed by atoms with Gasteiger partial charge in [-0.3, -0.25) is 9.59 Å². The fraction of sp³-hybridized carbons (Fsp3) is 0.0952. The van der Waals surface area contributed by atoms with Gasteiger partial charge in [0.05, 0.1) is 11.1 Å². The number of hydrogen-bond acceptors (Lipinski definition) is 5. The van der Waals surface area contributed by atoms with Crippen LogP contribution >= 0.6 is 0 Å². The molecule has 3 aromatic rings. The summed E-state index contributed by atoms with van der Waals surface area (Å²) in [6.45, 7) is 0. The van der Waals surface area contributed by atoms with Crippen LogP contribution in [0.3, 0.4) is 0 Å². The summed E-state index contributed by atoms with van der Waals surface area (Å²) in [6, 6.07) is 12.6. The molecule has 0 aliphatic carbocycles. The van der Waals surface area contributed by atoms with Crippen molar-refractivity contribution >= 4 is 22.5 Å². The third-order valence-corrected chi connectivity index (χ3v) is 5.55. The number of carbonyl (C=O) groups is 1. The minimum Gasteiger partial charge on any atom is -0.439 e. The summed E-state index contributed by atoms with van der Waals surface area (Å²) in [5.41, 5.74) is 4.32. The highest BCUT2D eigenvalue weighted by Crippen LogP contribution is 2.53. The van der Waals surface area contributed by atoms with E-state index in [4.69, 9.17) is 10.5 Å². The van der Waals surface area contributed by atoms with Gasteiger partial charge in [0.1, 0.15) is 23.2 Å². The van der Waals surface area contributed by atoms with Crippen molar-refractivity contribution in [3.63, 3.8) is 0 Å². The zero-order valence-corrected chi connectivity index (χ0v) is 15.1. The summed E-state index contributed by atoms with van der Waals surface area (Å²) in [7, 11) is 1.56. The van der Waals surface area contributed by atoms with E-state index >= 15 is 0 Å². The van der Waals surface area contributed by atoms with Crippen LogP contribution in [0, 0.1) is 17.1 Å². The van der Waals surface area contributed by atoms with E-state index in [1.807, 2.05) is 6.07 Å². The molecule has 2 aromatic carbocycles.